The topological polar surface area (TPSA) is 83.9 Å². The van der Waals surface area contributed by atoms with Gasteiger partial charge < -0.3 is 10.4 Å². The molecule has 2 amide bonds. The van der Waals surface area contributed by atoms with E-state index in [1.165, 1.54) is 40.3 Å². The summed E-state index contributed by atoms with van der Waals surface area (Å²) in [5, 5.41) is 20.1. The molecule has 3 aromatic rings. The van der Waals surface area contributed by atoms with E-state index in [4.69, 9.17) is 5.21 Å². The first-order chi connectivity index (χ1) is 16.4. The highest BCUT2D eigenvalue weighted by molar-refractivity contribution is 6.23. The standard InChI is InChI=1S/C28H25N2O4/c1-3-15(2)16-8-13-21-22(14-16)24-20-7-5-4-6-19(20)23(21)25-26(24)28(32)29(27(25)31)17-9-11-18(12-10-17)30(33)34/h4-15,23-26,33H,3H2,1-2H3/q-1. The maximum Gasteiger partial charge on any atom is 0.238 e. The molecule has 1 fully saturated rings. The summed E-state index contributed by atoms with van der Waals surface area (Å²) in [5.41, 5.74) is 6.32. The Morgan fingerprint density at radius 2 is 1.44 bits per heavy atom. The summed E-state index contributed by atoms with van der Waals surface area (Å²) in [6, 6.07) is 20.7. The zero-order valence-corrected chi connectivity index (χ0v) is 19.0. The number of benzene rings is 3. The number of rotatable bonds is 4. The number of carbonyl (C=O) groups is 2. The first kappa shape index (κ1) is 21.1. The lowest BCUT2D eigenvalue weighted by molar-refractivity contribution is -0.122. The molecule has 0 saturated carbocycles. The molecule has 0 aromatic heterocycles. The Bertz CT molecular complexity index is 1320. The van der Waals surface area contributed by atoms with Crippen LogP contribution in [0.2, 0.25) is 0 Å². The van der Waals surface area contributed by atoms with Crippen LogP contribution in [0.15, 0.2) is 66.7 Å². The number of hydrogen-bond acceptors (Lipinski definition) is 5. The second-order valence-electron chi connectivity index (χ2n) is 9.63. The van der Waals surface area contributed by atoms with Crippen LogP contribution in [0, 0.1) is 17.0 Å². The number of hydrogen-bond donors (Lipinski definition) is 1. The fraction of sp³-hybridized carbons (Fsp3) is 0.286. The van der Waals surface area contributed by atoms with E-state index in [0.717, 1.165) is 23.1 Å². The zero-order valence-electron chi connectivity index (χ0n) is 19.0. The number of amides is 2. The molecule has 2 bridgehead atoms. The minimum Gasteiger partial charge on any atom is -0.733 e. The predicted octanol–water partition coefficient (Wildman–Crippen LogP) is 5.29. The quantitative estimate of drug-likeness (QED) is 0.429. The molecule has 1 saturated heterocycles. The predicted molar refractivity (Wildman–Crippen MR) is 129 cm³/mol. The van der Waals surface area contributed by atoms with E-state index >= 15 is 0 Å². The smallest absolute Gasteiger partial charge is 0.238 e. The molecule has 5 atom stereocenters. The van der Waals surface area contributed by atoms with Crippen LogP contribution in [0.4, 0.5) is 11.4 Å². The Morgan fingerprint density at radius 3 is 2.00 bits per heavy atom. The van der Waals surface area contributed by atoms with Crippen molar-refractivity contribution < 1.29 is 14.8 Å². The van der Waals surface area contributed by atoms with Crippen molar-refractivity contribution >= 4 is 23.2 Å². The largest absolute Gasteiger partial charge is 0.733 e. The van der Waals surface area contributed by atoms with E-state index in [2.05, 4.69) is 44.2 Å². The third-order valence-electron chi connectivity index (χ3n) is 8.07. The van der Waals surface area contributed by atoms with Crippen LogP contribution in [0.3, 0.4) is 0 Å². The fourth-order valence-corrected chi connectivity index (χ4v) is 6.27. The molecule has 1 aliphatic heterocycles. The van der Waals surface area contributed by atoms with Gasteiger partial charge in [0.1, 0.15) is 0 Å². The fourth-order valence-electron chi connectivity index (χ4n) is 6.27. The number of nitrogens with zero attached hydrogens (tertiary/aromatic N) is 2. The van der Waals surface area contributed by atoms with Crippen molar-refractivity contribution in [2.75, 3.05) is 10.1 Å². The summed E-state index contributed by atoms with van der Waals surface area (Å²) in [4.78, 5) is 28.9. The van der Waals surface area contributed by atoms with Gasteiger partial charge in [-0.25, -0.2) is 4.90 Å². The molecule has 0 spiro atoms. The maximum absolute atomic E-state index is 13.8. The molecule has 1 heterocycles. The Balaban J connectivity index is 1.49. The van der Waals surface area contributed by atoms with Gasteiger partial charge in [-0.1, -0.05) is 56.3 Å². The molecule has 1 N–H and O–H groups in total. The van der Waals surface area contributed by atoms with Gasteiger partial charge in [0.2, 0.25) is 11.8 Å². The summed E-state index contributed by atoms with van der Waals surface area (Å²) in [6.07, 6.45) is 1.03. The van der Waals surface area contributed by atoms with E-state index < -0.39 is 11.8 Å². The Kier molecular flexibility index (Phi) is 4.66. The molecule has 5 unspecified atom stereocenters. The third-order valence-corrected chi connectivity index (χ3v) is 8.07. The first-order valence-electron chi connectivity index (χ1n) is 11.8. The lowest BCUT2D eigenvalue weighted by Crippen LogP contribution is -2.41. The van der Waals surface area contributed by atoms with Gasteiger partial charge in [-0.05, 0) is 64.4 Å². The summed E-state index contributed by atoms with van der Waals surface area (Å²) in [7, 11) is 0. The number of imide groups is 1. The van der Waals surface area contributed by atoms with Crippen molar-refractivity contribution in [3.8, 4) is 0 Å². The van der Waals surface area contributed by atoms with Gasteiger partial charge in [-0.15, -0.1) is 0 Å². The summed E-state index contributed by atoms with van der Waals surface area (Å²) < 4.78 is 0. The molecule has 3 aliphatic carbocycles. The maximum atomic E-state index is 13.8. The second-order valence-corrected chi connectivity index (χ2v) is 9.63. The molecular formula is C28H25N2O4-. The van der Waals surface area contributed by atoms with Crippen LogP contribution in [0.1, 0.15) is 65.8 Å². The van der Waals surface area contributed by atoms with Crippen molar-refractivity contribution in [3.05, 3.63) is 99.8 Å². The van der Waals surface area contributed by atoms with Crippen molar-refractivity contribution in [2.45, 2.75) is 38.0 Å². The van der Waals surface area contributed by atoms with Crippen LogP contribution in [-0.4, -0.2) is 17.0 Å². The Hall–Kier alpha value is -3.48. The van der Waals surface area contributed by atoms with Gasteiger partial charge in [-0.3, -0.25) is 14.8 Å². The van der Waals surface area contributed by atoms with Crippen LogP contribution < -0.4 is 10.1 Å². The average molecular weight is 454 g/mol. The monoisotopic (exact) mass is 453 g/mol. The Labute approximate surface area is 198 Å². The molecule has 6 heteroatoms. The van der Waals surface area contributed by atoms with Gasteiger partial charge in [0.05, 0.1) is 23.2 Å². The molecule has 0 radical (unpaired) electrons. The highest BCUT2D eigenvalue weighted by Gasteiger charge is 2.61. The zero-order chi connectivity index (χ0) is 23.7. The van der Waals surface area contributed by atoms with Crippen molar-refractivity contribution in [2.24, 2.45) is 11.8 Å². The van der Waals surface area contributed by atoms with Gasteiger partial charge >= 0.3 is 0 Å². The highest BCUT2D eigenvalue weighted by atomic mass is 16.8. The van der Waals surface area contributed by atoms with Crippen LogP contribution >= 0.6 is 0 Å². The summed E-state index contributed by atoms with van der Waals surface area (Å²) >= 11 is 0. The van der Waals surface area contributed by atoms with Gasteiger partial charge in [0, 0.05) is 11.8 Å². The van der Waals surface area contributed by atoms with E-state index in [9.17, 15) is 14.8 Å². The van der Waals surface area contributed by atoms with E-state index in [-0.39, 0.29) is 34.6 Å². The van der Waals surface area contributed by atoms with E-state index in [0.29, 0.717) is 11.6 Å². The minimum absolute atomic E-state index is 0.0396. The van der Waals surface area contributed by atoms with Crippen molar-refractivity contribution in [1.82, 2.24) is 0 Å². The molecular weight excluding hydrogens is 428 g/mol. The van der Waals surface area contributed by atoms with Crippen LogP contribution in [0.5, 0.6) is 0 Å². The van der Waals surface area contributed by atoms with E-state index in [1.807, 2.05) is 12.1 Å². The van der Waals surface area contributed by atoms with Gasteiger partial charge in [-0.2, -0.15) is 0 Å². The molecule has 7 rings (SSSR count). The molecule has 172 valence electrons. The molecule has 6 nitrogen and oxygen atoms in total. The Morgan fingerprint density at radius 1 is 0.882 bits per heavy atom. The first-order valence-corrected chi connectivity index (χ1v) is 11.8. The number of carbonyl (C=O) groups excluding carboxylic acids is 2. The minimum atomic E-state index is -0.458. The molecule has 34 heavy (non-hydrogen) atoms. The van der Waals surface area contributed by atoms with Gasteiger partial charge in [0.15, 0.2) is 0 Å². The lowest BCUT2D eigenvalue weighted by atomic mass is 9.54. The number of anilines is 2. The highest BCUT2D eigenvalue weighted by Crippen LogP contribution is 2.61. The van der Waals surface area contributed by atoms with Crippen molar-refractivity contribution in [3.63, 3.8) is 0 Å². The molecule has 3 aromatic carbocycles. The van der Waals surface area contributed by atoms with Crippen molar-refractivity contribution in [1.29, 1.82) is 0 Å². The molecule has 4 aliphatic rings. The summed E-state index contributed by atoms with van der Waals surface area (Å²) in [6.45, 7) is 4.39. The van der Waals surface area contributed by atoms with Crippen LogP contribution in [0.25, 0.3) is 0 Å². The third kappa shape index (κ3) is 2.76. The van der Waals surface area contributed by atoms with E-state index in [1.54, 1.807) is 0 Å². The SMILES string of the molecule is CCC(C)c1ccc2c(c1)C1c3ccccc3C2C2C(=O)N(c3ccc(N([O-])O)cc3)C(=O)C12. The van der Waals surface area contributed by atoms with Crippen LogP contribution in [-0.2, 0) is 9.59 Å². The normalized spacial score (nSPS) is 25.1. The van der Waals surface area contributed by atoms with Gasteiger partial charge in [0.25, 0.3) is 0 Å². The average Bonchev–Trinajstić information content (AvgIpc) is 3.13. The second kappa shape index (κ2) is 7.52. The lowest BCUT2D eigenvalue weighted by Gasteiger charge is -2.46. The summed E-state index contributed by atoms with van der Waals surface area (Å²) in [5.74, 6) is -1.23.